The second kappa shape index (κ2) is 14.8. The summed E-state index contributed by atoms with van der Waals surface area (Å²) in [5.41, 5.74) is 1.02. The minimum atomic E-state index is 0. The second-order valence-corrected chi connectivity index (χ2v) is 7.24. The zero-order chi connectivity index (χ0) is 19.3. The molecule has 28 heavy (non-hydrogen) atoms. The monoisotopic (exact) mass is 504 g/mol. The fourth-order valence-corrected chi connectivity index (χ4v) is 3.50. The molecule has 7 heteroatoms. The summed E-state index contributed by atoms with van der Waals surface area (Å²) < 4.78 is 6.11. The zero-order valence-corrected chi connectivity index (χ0v) is 19.7. The third-order valence-electron chi connectivity index (χ3n) is 4.97. The van der Waals surface area contributed by atoms with Gasteiger partial charge in [-0.15, -0.1) is 24.0 Å². The highest BCUT2D eigenvalue weighted by Gasteiger charge is 2.18. The fourth-order valence-electron chi connectivity index (χ4n) is 3.50. The molecule has 1 atom stereocenters. The van der Waals surface area contributed by atoms with Crippen molar-refractivity contribution in [3.8, 4) is 5.88 Å². The normalized spacial score (nSPS) is 15.8. The third-order valence-corrected chi connectivity index (χ3v) is 4.97. The molecule has 0 aromatic carbocycles. The summed E-state index contributed by atoms with van der Waals surface area (Å²) in [6, 6.07) is 3.97. The Morgan fingerprint density at radius 3 is 2.75 bits per heavy atom. The Labute approximate surface area is 187 Å². The Morgan fingerprint density at radius 2 is 2.07 bits per heavy atom. The number of rotatable bonds is 11. The second-order valence-electron chi connectivity index (χ2n) is 7.24. The van der Waals surface area contributed by atoms with Gasteiger partial charge in [-0.3, -0.25) is 0 Å². The van der Waals surface area contributed by atoms with Gasteiger partial charge in [-0.25, -0.2) is 9.98 Å². The predicted octanol–water partition coefficient (Wildman–Crippen LogP) is 3.87. The van der Waals surface area contributed by atoms with Crippen LogP contribution in [0.15, 0.2) is 23.3 Å². The van der Waals surface area contributed by atoms with Crippen molar-refractivity contribution >= 4 is 29.9 Å². The minimum Gasteiger partial charge on any atom is -0.474 e. The molecule has 1 saturated carbocycles. The van der Waals surface area contributed by atoms with Crippen LogP contribution in [0.4, 0.5) is 0 Å². The summed E-state index contributed by atoms with van der Waals surface area (Å²) in [4.78, 5) is 9.15. The Bertz CT molecular complexity index is 559. The van der Waals surface area contributed by atoms with Crippen molar-refractivity contribution in [2.75, 3.05) is 19.7 Å². The van der Waals surface area contributed by atoms with Crippen LogP contribution in [-0.2, 0) is 6.54 Å². The van der Waals surface area contributed by atoms with E-state index >= 15 is 0 Å². The summed E-state index contributed by atoms with van der Waals surface area (Å²) in [6.45, 7) is 6.63. The SMILES string of the molecule is CCCC(CCO)CNC(=NCc1cccnc1OC1CCCC1)NCC.I. The Hall–Kier alpha value is -1.09. The number of aliphatic imine (C=N–C) groups is 1. The molecule has 1 aliphatic carbocycles. The highest BCUT2D eigenvalue weighted by Crippen LogP contribution is 2.25. The molecule has 0 radical (unpaired) electrons. The Balaban J connectivity index is 0.00000392. The lowest BCUT2D eigenvalue weighted by molar-refractivity contribution is 0.199. The van der Waals surface area contributed by atoms with E-state index in [-0.39, 0.29) is 30.6 Å². The number of aliphatic hydroxyl groups is 1. The Kier molecular flexibility index (Phi) is 13.2. The van der Waals surface area contributed by atoms with Crippen LogP contribution in [0.1, 0.15) is 64.4 Å². The average Bonchev–Trinajstić information content (AvgIpc) is 3.18. The maximum atomic E-state index is 9.24. The topological polar surface area (TPSA) is 78.8 Å². The van der Waals surface area contributed by atoms with Gasteiger partial charge in [0.2, 0.25) is 5.88 Å². The molecule has 1 heterocycles. The molecule has 1 unspecified atom stereocenters. The zero-order valence-electron chi connectivity index (χ0n) is 17.3. The molecule has 0 bridgehead atoms. The molecule has 0 saturated heterocycles. The van der Waals surface area contributed by atoms with Gasteiger partial charge < -0.3 is 20.5 Å². The lowest BCUT2D eigenvalue weighted by Crippen LogP contribution is -2.40. The third kappa shape index (κ3) is 8.94. The largest absolute Gasteiger partial charge is 0.474 e. The number of aromatic nitrogens is 1. The quantitative estimate of drug-likeness (QED) is 0.242. The van der Waals surface area contributed by atoms with Gasteiger partial charge in [0.25, 0.3) is 0 Å². The lowest BCUT2D eigenvalue weighted by Gasteiger charge is -2.18. The molecule has 1 aromatic heterocycles. The van der Waals surface area contributed by atoms with Crippen LogP contribution in [0, 0.1) is 5.92 Å². The number of nitrogens with zero attached hydrogens (tertiary/aromatic N) is 2. The Morgan fingerprint density at radius 1 is 1.29 bits per heavy atom. The summed E-state index contributed by atoms with van der Waals surface area (Å²) in [5.74, 6) is 1.98. The van der Waals surface area contributed by atoms with Gasteiger partial charge in [0.15, 0.2) is 5.96 Å². The van der Waals surface area contributed by atoms with E-state index in [0.717, 1.165) is 56.7 Å². The van der Waals surface area contributed by atoms with Gasteiger partial charge in [-0.1, -0.05) is 19.4 Å². The van der Waals surface area contributed by atoms with E-state index < -0.39 is 0 Å². The number of nitrogens with one attached hydrogen (secondary N) is 2. The standard InChI is InChI=1S/C21H36N4O2.HI/c1-3-8-17(12-14-26)15-24-21(22-4-2)25-16-18-9-7-13-23-20(18)27-19-10-5-6-11-19;/h7,9,13,17,19,26H,3-6,8,10-12,14-16H2,1-2H3,(H2,22,24,25);1H. The molecule has 1 fully saturated rings. The van der Waals surface area contributed by atoms with Crippen LogP contribution in [-0.4, -0.2) is 41.9 Å². The number of aliphatic hydroxyl groups excluding tert-OH is 1. The minimum absolute atomic E-state index is 0. The van der Waals surface area contributed by atoms with Crippen molar-refractivity contribution < 1.29 is 9.84 Å². The van der Waals surface area contributed by atoms with Gasteiger partial charge in [0.1, 0.15) is 6.10 Å². The first-order valence-electron chi connectivity index (χ1n) is 10.5. The van der Waals surface area contributed by atoms with Crippen molar-refractivity contribution in [2.45, 2.75) is 71.4 Å². The van der Waals surface area contributed by atoms with Crippen LogP contribution in [0.25, 0.3) is 0 Å². The number of hydrogen-bond donors (Lipinski definition) is 3. The lowest BCUT2D eigenvalue weighted by atomic mass is 10.0. The van der Waals surface area contributed by atoms with E-state index in [1.807, 2.05) is 12.1 Å². The maximum Gasteiger partial charge on any atom is 0.218 e. The van der Waals surface area contributed by atoms with Gasteiger partial charge in [0, 0.05) is 31.5 Å². The molecule has 0 amide bonds. The van der Waals surface area contributed by atoms with Crippen LogP contribution in [0.2, 0.25) is 0 Å². The van der Waals surface area contributed by atoms with Gasteiger partial charge in [-0.05, 0) is 57.4 Å². The maximum absolute atomic E-state index is 9.24. The summed E-state index contributed by atoms with van der Waals surface area (Å²) in [6.07, 6.45) is 9.85. The van der Waals surface area contributed by atoms with Crippen molar-refractivity contribution in [3.05, 3.63) is 23.9 Å². The van der Waals surface area contributed by atoms with Crippen molar-refractivity contribution in [1.29, 1.82) is 0 Å². The number of halogens is 1. The molecule has 0 aliphatic heterocycles. The average molecular weight is 504 g/mol. The number of hydrogen-bond acceptors (Lipinski definition) is 4. The van der Waals surface area contributed by atoms with Crippen LogP contribution in [0.5, 0.6) is 5.88 Å². The van der Waals surface area contributed by atoms with Crippen LogP contribution in [0.3, 0.4) is 0 Å². The molecule has 1 aromatic rings. The molecule has 0 spiro atoms. The number of pyridine rings is 1. The van der Waals surface area contributed by atoms with Crippen molar-refractivity contribution in [1.82, 2.24) is 15.6 Å². The fraction of sp³-hybridized carbons (Fsp3) is 0.714. The van der Waals surface area contributed by atoms with Gasteiger partial charge >= 0.3 is 0 Å². The highest BCUT2D eigenvalue weighted by molar-refractivity contribution is 14.0. The number of guanidine groups is 1. The molecular formula is C21H37IN4O2. The number of ether oxygens (including phenoxy) is 1. The van der Waals surface area contributed by atoms with Gasteiger partial charge in [0.05, 0.1) is 6.54 Å². The van der Waals surface area contributed by atoms with E-state index in [4.69, 9.17) is 9.73 Å². The molecule has 2 rings (SSSR count). The van der Waals surface area contributed by atoms with Crippen molar-refractivity contribution in [2.24, 2.45) is 10.9 Å². The molecular weight excluding hydrogens is 467 g/mol. The smallest absolute Gasteiger partial charge is 0.218 e. The first kappa shape index (κ1) is 24.9. The van der Waals surface area contributed by atoms with E-state index in [0.29, 0.717) is 24.4 Å². The summed E-state index contributed by atoms with van der Waals surface area (Å²) >= 11 is 0. The molecule has 6 nitrogen and oxygen atoms in total. The van der Waals surface area contributed by atoms with E-state index in [2.05, 4.69) is 29.5 Å². The van der Waals surface area contributed by atoms with E-state index in [9.17, 15) is 5.11 Å². The summed E-state index contributed by atoms with van der Waals surface area (Å²) in [7, 11) is 0. The van der Waals surface area contributed by atoms with Gasteiger partial charge in [-0.2, -0.15) is 0 Å². The van der Waals surface area contributed by atoms with Crippen molar-refractivity contribution in [3.63, 3.8) is 0 Å². The molecule has 160 valence electrons. The van der Waals surface area contributed by atoms with E-state index in [1.54, 1.807) is 6.20 Å². The van der Waals surface area contributed by atoms with Crippen LogP contribution >= 0.6 is 24.0 Å². The molecule has 3 N–H and O–H groups in total. The summed E-state index contributed by atoms with van der Waals surface area (Å²) in [5, 5.41) is 16.0. The first-order chi connectivity index (χ1) is 13.3. The predicted molar refractivity (Wildman–Crippen MR) is 125 cm³/mol. The first-order valence-corrected chi connectivity index (χ1v) is 10.5. The highest BCUT2D eigenvalue weighted by atomic mass is 127. The van der Waals surface area contributed by atoms with E-state index in [1.165, 1.54) is 12.8 Å². The van der Waals surface area contributed by atoms with Crippen LogP contribution < -0.4 is 15.4 Å². The molecule has 1 aliphatic rings.